The SMILES string of the molecule is CC(=O)O[C@@H](C(=O)C=CC(=O)CCCOC[C@@H](CO)OCc1ccccc1)[C@H](Cc1ccccc1)C(=O)N1C(=O)OC[C@H]1C(C)C. The van der Waals surface area contributed by atoms with Gasteiger partial charge in [-0.25, -0.2) is 9.69 Å². The van der Waals surface area contributed by atoms with Gasteiger partial charge in [-0.05, 0) is 42.0 Å². The van der Waals surface area contributed by atoms with Crippen LogP contribution in [-0.2, 0) is 51.2 Å². The molecule has 11 heteroatoms. The maximum atomic E-state index is 13.9. The van der Waals surface area contributed by atoms with Crippen molar-refractivity contribution in [2.45, 2.75) is 64.9 Å². The average molecular weight is 638 g/mol. The van der Waals surface area contributed by atoms with Crippen molar-refractivity contribution in [1.82, 2.24) is 4.90 Å². The fourth-order valence-electron chi connectivity index (χ4n) is 4.93. The second-order valence-electron chi connectivity index (χ2n) is 11.4. The summed E-state index contributed by atoms with van der Waals surface area (Å²) in [5.74, 6) is -3.98. The highest BCUT2D eigenvalue weighted by molar-refractivity contribution is 6.04. The van der Waals surface area contributed by atoms with Gasteiger partial charge in [-0.3, -0.25) is 19.2 Å². The average Bonchev–Trinajstić information content (AvgIpc) is 3.44. The Hall–Kier alpha value is -4.19. The zero-order valence-electron chi connectivity index (χ0n) is 26.5. The Kier molecular flexibility index (Phi) is 14.7. The largest absolute Gasteiger partial charge is 0.453 e. The predicted octanol–water partition coefficient (Wildman–Crippen LogP) is 3.85. The molecule has 1 saturated heterocycles. The third-order valence-electron chi connectivity index (χ3n) is 7.45. The van der Waals surface area contributed by atoms with Crippen molar-refractivity contribution >= 4 is 29.5 Å². The minimum Gasteiger partial charge on any atom is -0.453 e. The van der Waals surface area contributed by atoms with Crippen LogP contribution < -0.4 is 0 Å². The second-order valence-corrected chi connectivity index (χ2v) is 11.4. The number of aliphatic hydroxyl groups is 1. The first-order valence-electron chi connectivity index (χ1n) is 15.4. The fraction of sp³-hybridized carbons (Fsp3) is 0.457. The van der Waals surface area contributed by atoms with Crippen LogP contribution in [0, 0.1) is 11.8 Å². The third-order valence-corrected chi connectivity index (χ3v) is 7.45. The summed E-state index contributed by atoms with van der Waals surface area (Å²) in [5, 5.41) is 9.56. The maximum absolute atomic E-state index is 13.9. The van der Waals surface area contributed by atoms with Gasteiger partial charge in [0.25, 0.3) is 0 Å². The van der Waals surface area contributed by atoms with Crippen LogP contribution in [0.3, 0.4) is 0 Å². The van der Waals surface area contributed by atoms with Crippen molar-refractivity contribution in [3.05, 3.63) is 83.9 Å². The highest BCUT2D eigenvalue weighted by atomic mass is 16.6. The van der Waals surface area contributed by atoms with Crippen LogP contribution in [0.5, 0.6) is 0 Å². The van der Waals surface area contributed by atoms with E-state index in [2.05, 4.69) is 0 Å². The van der Waals surface area contributed by atoms with E-state index >= 15 is 0 Å². The highest BCUT2D eigenvalue weighted by Gasteiger charge is 2.46. The molecule has 0 unspecified atom stereocenters. The molecule has 0 aliphatic carbocycles. The Morgan fingerprint density at radius 3 is 2.26 bits per heavy atom. The number of amides is 2. The highest BCUT2D eigenvalue weighted by Crippen LogP contribution is 2.27. The predicted molar refractivity (Wildman–Crippen MR) is 167 cm³/mol. The van der Waals surface area contributed by atoms with E-state index in [1.165, 1.54) is 0 Å². The summed E-state index contributed by atoms with van der Waals surface area (Å²) in [7, 11) is 0. The van der Waals surface area contributed by atoms with Crippen molar-refractivity contribution in [2.75, 3.05) is 26.4 Å². The minimum absolute atomic E-state index is 0.000970. The number of hydrogen-bond acceptors (Lipinski definition) is 10. The number of ether oxygens (including phenoxy) is 4. The maximum Gasteiger partial charge on any atom is 0.416 e. The van der Waals surface area contributed by atoms with Gasteiger partial charge in [0.15, 0.2) is 17.7 Å². The van der Waals surface area contributed by atoms with Gasteiger partial charge < -0.3 is 24.1 Å². The second kappa shape index (κ2) is 18.7. The van der Waals surface area contributed by atoms with Crippen LogP contribution >= 0.6 is 0 Å². The molecule has 2 aromatic rings. The first kappa shape index (κ1) is 36.3. The molecule has 2 aromatic carbocycles. The molecule has 46 heavy (non-hydrogen) atoms. The Morgan fingerprint density at radius 2 is 1.65 bits per heavy atom. The van der Waals surface area contributed by atoms with Gasteiger partial charge in [0.1, 0.15) is 12.7 Å². The Morgan fingerprint density at radius 1 is 1.00 bits per heavy atom. The van der Waals surface area contributed by atoms with E-state index in [9.17, 15) is 29.1 Å². The molecule has 1 aliphatic heterocycles. The summed E-state index contributed by atoms with van der Waals surface area (Å²) in [6.45, 7) is 5.32. The van der Waals surface area contributed by atoms with Crippen molar-refractivity contribution in [1.29, 1.82) is 0 Å². The summed E-state index contributed by atoms with van der Waals surface area (Å²) in [6, 6.07) is 17.8. The quantitative estimate of drug-likeness (QED) is 0.137. The number of allylic oxidation sites excluding steroid dienone is 1. The number of imide groups is 1. The zero-order valence-corrected chi connectivity index (χ0v) is 26.5. The van der Waals surface area contributed by atoms with Crippen LogP contribution in [0.4, 0.5) is 4.79 Å². The van der Waals surface area contributed by atoms with Gasteiger partial charge in [0.05, 0.1) is 31.8 Å². The Bertz CT molecular complexity index is 1330. The molecule has 2 amide bonds. The number of benzene rings is 2. The number of cyclic esters (lactones) is 1. The fourth-order valence-corrected chi connectivity index (χ4v) is 4.93. The molecule has 0 saturated carbocycles. The Balaban J connectivity index is 1.61. The van der Waals surface area contributed by atoms with Crippen molar-refractivity contribution in [3.63, 3.8) is 0 Å². The zero-order chi connectivity index (χ0) is 33.5. The first-order chi connectivity index (χ1) is 22.1. The number of hydrogen-bond donors (Lipinski definition) is 1. The number of esters is 1. The number of carbonyl (C=O) groups excluding carboxylic acids is 5. The number of nitrogens with zero attached hydrogens (tertiary/aromatic N) is 1. The summed E-state index contributed by atoms with van der Waals surface area (Å²) in [4.78, 5) is 65.6. The monoisotopic (exact) mass is 637 g/mol. The lowest BCUT2D eigenvalue weighted by molar-refractivity contribution is -0.159. The molecule has 248 valence electrons. The molecule has 1 fully saturated rings. The van der Waals surface area contributed by atoms with Crippen LogP contribution in [-0.4, -0.2) is 84.2 Å². The van der Waals surface area contributed by atoms with Gasteiger partial charge >= 0.3 is 12.1 Å². The molecule has 0 aromatic heterocycles. The van der Waals surface area contributed by atoms with Gasteiger partial charge in [-0.15, -0.1) is 0 Å². The lowest BCUT2D eigenvalue weighted by Gasteiger charge is -2.30. The molecule has 0 spiro atoms. The number of aliphatic hydroxyl groups excluding tert-OH is 1. The lowest BCUT2D eigenvalue weighted by Crippen LogP contribution is -2.50. The van der Waals surface area contributed by atoms with Crippen molar-refractivity contribution < 1.29 is 48.0 Å². The van der Waals surface area contributed by atoms with Crippen LogP contribution in [0.25, 0.3) is 0 Å². The van der Waals surface area contributed by atoms with E-state index in [0.29, 0.717) is 18.6 Å². The molecule has 1 N–H and O–H groups in total. The van der Waals surface area contributed by atoms with Gasteiger partial charge in [-0.1, -0.05) is 74.5 Å². The summed E-state index contributed by atoms with van der Waals surface area (Å²) >= 11 is 0. The van der Waals surface area contributed by atoms with E-state index in [1.807, 2.05) is 44.2 Å². The Labute approximate surface area is 269 Å². The van der Waals surface area contributed by atoms with Gasteiger partial charge in [0, 0.05) is 20.0 Å². The summed E-state index contributed by atoms with van der Waals surface area (Å²) < 4.78 is 21.8. The number of ketones is 2. The minimum atomic E-state index is -1.58. The molecule has 1 heterocycles. The molecule has 4 atom stereocenters. The molecular weight excluding hydrogens is 594 g/mol. The van der Waals surface area contributed by atoms with E-state index in [4.69, 9.17) is 18.9 Å². The normalized spacial score (nSPS) is 16.7. The molecule has 3 rings (SSSR count). The molecule has 1 aliphatic rings. The molecule has 0 bridgehead atoms. The molecular formula is C35H43NO10. The number of rotatable bonds is 19. The van der Waals surface area contributed by atoms with Crippen LogP contribution in [0.15, 0.2) is 72.8 Å². The standard InChI is InChI=1S/C35H43NO10/c1-24(2)31-23-45-35(42)36(31)34(41)30(19-26-11-6-4-7-12-26)33(46-25(3)38)32(40)17-16-28(39)15-10-18-43-22-29(20-37)44-21-27-13-8-5-9-14-27/h4-9,11-14,16-17,24,29-31,33,37H,10,15,18-23H2,1-3H3/t29-,30+,31+,33-/m1/s1. The van der Waals surface area contributed by atoms with E-state index in [1.54, 1.807) is 30.3 Å². The lowest BCUT2D eigenvalue weighted by atomic mass is 9.89. The van der Waals surface area contributed by atoms with Crippen LogP contribution in [0.1, 0.15) is 44.7 Å². The van der Waals surface area contributed by atoms with E-state index in [-0.39, 0.29) is 51.0 Å². The van der Waals surface area contributed by atoms with Crippen LogP contribution in [0.2, 0.25) is 0 Å². The number of carbonyl (C=O) groups is 5. The van der Waals surface area contributed by atoms with E-state index < -0.39 is 47.9 Å². The van der Waals surface area contributed by atoms with Crippen molar-refractivity contribution in [3.8, 4) is 0 Å². The topological polar surface area (TPSA) is 146 Å². The van der Waals surface area contributed by atoms with Gasteiger partial charge in [-0.2, -0.15) is 0 Å². The van der Waals surface area contributed by atoms with E-state index in [0.717, 1.165) is 29.5 Å². The molecule has 0 radical (unpaired) electrons. The summed E-state index contributed by atoms with van der Waals surface area (Å²) in [6.07, 6.45) is -0.407. The summed E-state index contributed by atoms with van der Waals surface area (Å²) in [5.41, 5.74) is 1.66. The third kappa shape index (κ3) is 11.3. The first-order valence-corrected chi connectivity index (χ1v) is 15.4. The van der Waals surface area contributed by atoms with Gasteiger partial charge in [0.2, 0.25) is 5.91 Å². The van der Waals surface area contributed by atoms with Crippen molar-refractivity contribution in [2.24, 2.45) is 11.8 Å². The molecule has 11 nitrogen and oxygen atoms in total. The smallest absolute Gasteiger partial charge is 0.416 e.